The summed E-state index contributed by atoms with van der Waals surface area (Å²) in [6.45, 7) is 5.69. The summed E-state index contributed by atoms with van der Waals surface area (Å²) in [7, 11) is 1.66. The molecule has 2 aromatic carbocycles. The maximum Gasteiger partial charge on any atom is 0.119 e. The van der Waals surface area contributed by atoms with Crippen molar-refractivity contribution in [2.75, 3.05) is 46.8 Å². The van der Waals surface area contributed by atoms with Gasteiger partial charge in [0.1, 0.15) is 18.1 Å². The lowest BCUT2D eigenvalue weighted by molar-refractivity contribution is 0.0405. The predicted molar refractivity (Wildman–Crippen MR) is 114 cm³/mol. The molecule has 0 saturated carbocycles. The van der Waals surface area contributed by atoms with Crippen LogP contribution in [0.2, 0.25) is 0 Å². The fourth-order valence-electron chi connectivity index (χ4n) is 2.80. The summed E-state index contributed by atoms with van der Waals surface area (Å²) in [5.74, 6) is 1.65. The molecule has 0 radical (unpaired) electrons. The highest BCUT2D eigenvalue weighted by molar-refractivity contribution is 5.28. The van der Waals surface area contributed by atoms with E-state index >= 15 is 0 Å². The van der Waals surface area contributed by atoms with Gasteiger partial charge in [-0.1, -0.05) is 24.3 Å². The first kappa shape index (κ1) is 23.2. The molecule has 2 rings (SSSR count). The summed E-state index contributed by atoms with van der Waals surface area (Å²) >= 11 is 0. The second-order valence-electron chi connectivity index (χ2n) is 6.61. The Morgan fingerprint density at radius 3 is 2.10 bits per heavy atom. The van der Waals surface area contributed by atoms with Crippen LogP contribution in [-0.4, -0.2) is 57.9 Å². The summed E-state index contributed by atoms with van der Waals surface area (Å²) in [6.07, 6.45) is 0.744. The Morgan fingerprint density at radius 2 is 1.45 bits per heavy atom. The molecule has 0 aliphatic heterocycles. The van der Waals surface area contributed by atoms with Crippen LogP contribution in [-0.2, 0) is 22.4 Å². The largest absolute Gasteiger partial charge is 0.497 e. The van der Waals surface area contributed by atoms with E-state index in [4.69, 9.17) is 18.9 Å². The molecule has 0 aromatic heterocycles. The van der Waals surface area contributed by atoms with Crippen LogP contribution in [0.3, 0.4) is 0 Å². The molecular weight excluding hydrogens is 370 g/mol. The van der Waals surface area contributed by atoms with Gasteiger partial charge in [0, 0.05) is 19.2 Å². The highest BCUT2D eigenvalue weighted by atomic mass is 16.5. The number of nitrogens with one attached hydrogen (secondary N) is 1. The van der Waals surface area contributed by atoms with Crippen molar-refractivity contribution < 1.29 is 24.1 Å². The Hall–Kier alpha value is -2.12. The van der Waals surface area contributed by atoms with Crippen molar-refractivity contribution in [3.8, 4) is 11.5 Å². The van der Waals surface area contributed by atoms with Crippen molar-refractivity contribution in [1.29, 1.82) is 0 Å². The van der Waals surface area contributed by atoms with E-state index in [0.717, 1.165) is 29.0 Å². The van der Waals surface area contributed by atoms with Crippen LogP contribution in [0.4, 0.5) is 0 Å². The number of ether oxygens (including phenoxy) is 4. The Balaban J connectivity index is 1.69. The topological polar surface area (TPSA) is 69.2 Å². The first-order valence-corrected chi connectivity index (χ1v) is 10.1. The van der Waals surface area contributed by atoms with Crippen LogP contribution >= 0.6 is 0 Å². The summed E-state index contributed by atoms with van der Waals surface area (Å²) in [6, 6.07) is 15.9. The number of aliphatic hydroxyl groups is 1. The van der Waals surface area contributed by atoms with E-state index in [-0.39, 0.29) is 12.6 Å². The molecule has 29 heavy (non-hydrogen) atoms. The molecule has 2 N–H and O–H groups in total. The van der Waals surface area contributed by atoms with Gasteiger partial charge in [0.25, 0.3) is 0 Å². The summed E-state index contributed by atoms with van der Waals surface area (Å²) in [5, 5.41) is 13.1. The van der Waals surface area contributed by atoms with Crippen LogP contribution < -0.4 is 14.8 Å². The molecule has 160 valence electrons. The molecule has 0 saturated heterocycles. The Kier molecular flexibility index (Phi) is 11.1. The SMILES string of the molecule is CCOCCOCCOc1ccc(C[C@@H](CO)NCc2ccc(OC)cc2)cc1. The van der Waals surface area contributed by atoms with Gasteiger partial charge in [-0.2, -0.15) is 0 Å². The molecular formula is C23H33NO5. The maximum absolute atomic E-state index is 9.69. The number of rotatable bonds is 15. The average Bonchev–Trinajstić information content (AvgIpc) is 2.77. The minimum absolute atomic E-state index is 0.0115. The van der Waals surface area contributed by atoms with Crippen LogP contribution in [0.1, 0.15) is 18.1 Å². The fraction of sp³-hybridized carbons (Fsp3) is 0.478. The highest BCUT2D eigenvalue weighted by Crippen LogP contribution is 2.14. The van der Waals surface area contributed by atoms with Gasteiger partial charge in [0.2, 0.25) is 0 Å². The number of hydrogen-bond acceptors (Lipinski definition) is 6. The van der Waals surface area contributed by atoms with Gasteiger partial charge in [-0.25, -0.2) is 0 Å². The van der Waals surface area contributed by atoms with Crippen molar-refractivity contribution >= 4 is 0 Å². The molecule has 0 aliphatic rings. The van der Waals surface area contributed by atoms with E-state index in [2.05, 4.69) is 5.32 Å². The lowest BCUT2D eigenvalue weighted by Gasteiger charge is -2.17. The third-order valence-electron chi connectivity index (χ3n) is 4.45. The second-order valence-corrected chi connectivity index (χ2v) is 6.61. The molecule has 6 heteroatoms. The number of methoxy groups -OCH3 is 1. The molecule has 0 fully saturated rings. The zero-order valence-electron chi connectivity index (χ0n) is 17.4. The van der Waals surface area contributed by atoms with Crippen molar-refractivity contribution in [1.82, 2.24) is 5.32 Å². The molecule has 0 bridgehead atoms. The minimum atomic E-state index is -0.0115. The van der Waals surface area contributed by atoms with Gasteiger partial charge >= 0.3 is 0 Å². The zero-order chi connectivity index (χ0) is 20.7. The van der Waals surface area contributed by atoms with Crippen molar-refractivity contribution in [2.45, 2.75) is 25.9 Å². The summed E-state index contributed by atoms with van der Waals surface area (Å²) < 4.78 is 21.5. The van der Waals surface area contributed by atoms with E-state index in [1.54, 1.807) is 7.11 Å². The smallest absolute Gasteiger partial charge is 0.119 e. The fourth-order valence-corrected chi connectivity index (χ4v) is 2.80. The van der Waals surface area contributed by atoms with Crippen molar-refractivity contribution in [2.24, 2.45) is 0 Å². The van der Waals surface area contributed by atoms with E-state index in [1.165, 1.54) is 0 Å². The molecule has 0 spiro atoms. The Morgan fingerprint density at radius 1 is 0.828 bits per heavy atom. The minimum Gasteiger partial charge on any atom is -0.497 e. The van der Waals surface area contributed by atoms with Crippen LogP contribution in [0.5, 0.6) is 11.5 Å². The molecule has 0 amide bonds. The number of hydrogen-bond donors (Lipinski definition) is 2. The van der Waals surface area contributed by atoms with Crippen LogP contribution in [0.15, 0.2) is 48.5 Å². The van der Waals surface area contributed by atoms with E-state index < -0.39 is 0 Å². The van der Waals surface area contributed by atoms with Crippen molar-refractivity contribution in [3.05, 3.63) is 59.7 Å². The zero-order valence-corrected chi connectivity index (χ0v) is 17.4. The normalized spacial score (nSPS) is 12.0. The molecule has 1 atom stereocenters. The molecule has 0 unspecified atom stereocenters. The molecule has 2 aromatic rings. The molecule has 0 heterocycles. The molecule has 6 nitrogen and oxygen atoms in total. The van der Waals surface area contributed by atoms with Gasteiger partial charge in [-0.05, 0) is 48.7 Å². The van der Waals surface area contributed by atoms with Crippen molar-refractivity contribution in [3.63, 3.8) is 0 Å². The molecule has 0 aliphatic carbocycles. The standard InChI is InChI=1S/C23H33NO5/c1-3-27-12-13-28-14-15-29-23-10-4-19(5-11-23)16-21(18-25)24-17-20-6-8-22(26-2)9-7-20/h4-11,21,24-25H,3,12-18H2,1-2H3/t21-/m0/s1. The number of aliphatic hydroxyl groups excluding tert-OH is 1. The van der Waals surface area contributed by atoms with E-state index in [9.17, 15) is 5.11 Å². The quantitative estimate of drug-likeness (QED) is 0.446. The summed E-state index contributed by atoms with van der Waals surface area (Å²) in [5.41, 5.74) is 2.29. The first-order chi connectivity index (χ1) is 14.2. The van der Waals surface area contributed by atoms with Gasteiger partial charge in [-0.15, -0.1) is 0 Å². The first-order valence-electron chi connectivity index (χ1n) is 10.1. The number of benzene rings is 2. The van der Waals surface area contributed by atoms with Crippen LogP contribution in [0.25, 0.3) is 0 Å². The van der Waals surface area contributed by atoms with Gasteiger partial charge in [-0.3, -0.25) is 0 Å². The lowest BCUT2D eigenvalue weighted by Crippen LogP contribution is -2.34. The second kappa shape index (κ2) is 14.0. The van der Waals surface area contributed by atoms with Gasteiger partial charge < -0.3 is 29.4 Å². The Labute approximate surface area is 173 Å². The van der Waals surface area contributed by atoms with Crippen LogP contribution in [0, 0.1) is 0 Å². The lowest BCUT2D eigenvalue weighted by atomic mass is 10.1. The highest BCUT2D eigenvalue weighted by Gasteiger charge is 2.08. The Bertz CT molecular complexity index is 660. The maximum atomic E-state index is 9.69. The third kappa shape index (κ3) is 9.28. The summed E-state index contributed by atoms with van der Waals surface area (Å²) in [4.78, 5) is 0. The average molecular weight is 404 g/mol. The van der Waals surface area contributed by atoms with Gasteiger partial charge in [0.15, 0.2) is 0 Å². The monoisotopic (exact) mass is 403 g/mol. The van der Waals surface area contributed by atoms with E-state index in [1.807, 2.05) is 55.5 Å². The van der Waals surface area contributed by atoms with E-state index in [0.29, 0.717) is 39.6 Å². The predicted octanol–water partition coefficient (Wildman–Crippen LogP) is 2.82. The van der Waals surface area contributed by atoms with Gasteiger partial charge in [0.05, 0.1) is 33.5 Å². The third-order valence-corrected chi connectivity index (χ3v) is 4.45.